The number of piperidine rings is 1. The Morgan fingerprint density at radius 3 is 2.43 bits per heavy atom. The zero-order valence-corrected chi connectivity index (χ0v) is 19.2. The average molecular weight is 456 g/mol. The maximum absolute atomic E-state index is 12.9. The molecule has 166 valence electrons. The van der Waals surface area contributed by atoms with Crippen molar-refractivity contribution in [1.82, 2.24) is 30.0 Å². The maximum atomic E-state index is 12.9. The fourth-order valence-electron chi connectivity index (χ4n) is 5.24. The summed E-state index contributed by atoms with van der Waals surface area (Å²) in [4.78, 5) is 26.4. The second-order valence-electron chi connectivity index (χ2n) is 8.65. The first kappa shape index (κ1) is 23.0. The molecule has 0 aromatic carbocycles. The van der Waals surface area contributed by atoms with Gasteiger partial charge in [-0.2, -0.15) is 5.10 Å². The summed E-state index contributed by atoms with van der Waals surface area (Å²) in [6, 6.07) is 1.30. The highest BCUT2D eigenvalue weighted by Gasteiger charge is 2.35. The van der Waals surface area contributed by atoms with Gasteiger partial charge in [0.25, 0.3) is 0 Å². The highest BCUT2D eigenvalue weighted by molar-refractivity contribution is 5.87. The summed E-state index contributed by atoms with van der Waals surface area (Å²) in [5.41, 5.74) is 0.863. The van der Waals surface area contributed by atoms with Gasteiger partial charge in [0, 0.05) is 51.7 Å². The molecule has 3 saturated heterocycles. The van der Waals surface area contributed by atoms with Gasteiger partial charge in [-0.25, -0.2) is 9.97 Å². The quantitative estimate of drug-likeness (QED) is 0.762. The summed E-state index contributed by atoms with van der Waals surface area (Å²) in [7, 11) is 1.90. The molecule has 0 spiro atoms. The van der Waals surface area contributed by atoms with Crippen LogP contribution in [0.1, 0.15) is 37.9 Å². The number of anilines is 1. The Hall–Kier alpha value is -1.64. The summed E-state index contributed by atoms with van der Waals surface area (Å²) >= 11 is 0. The van der Waals surface area contributed by atoms with E-state index in [1.54, 1.807) is 4.68 Å². The first-order valence-corrected chi connectivity index (χ1v) is 10.5. The van der Waals surface area contributed by atoms with Crippen molar-refractivity contribution in [3.8, 4) is 0 Å². The predicted octanol–water partition coefficient (Wildman–Crippen LogP) is 2.08. The molecule has 2 atom stereocenters. The minimum atomic E-state index is 0. The van der Waals surface area contributed by atoms with E-state index in [-0.39, 0.29) is 24.8 Å². The third-order valence-corrected chi connectivity index (χ3v) is 6.65. The van der Waals surface area contributed by atoms with Crippen molar-refractivity contribution in [2.24, 2.45) is 13.0 Å². The van der Waals surface area contributed by atoms with E-state index in [0.717, 1.165) is 48.9 Å². The topological polar surface area (TPSA) is 79.2 Å². The first-order chi connectivity index (χ1) is 13.6. The number of carbonyl (C=O) groups excluding carboxylic acids is 1. The van der Waals surface area contributed by atoms with Crippen LogP contribution in [0.3, 0.4) is 0 Å². The predicted molar refractivity (Wildman–Crippen MR) is 122 cm³/mol. The Morgan fingerprint density at radius 2 is 1.77 bits per heavy atom. The van der Waals surface area contributed by atoms with E-state index >= 15 is 0 Å². The van der Waals surface area contributed by atoms with Crippen LogP contribution in [0.4, 0.5) is 5.82 Å². The van der Waals surface area contributed by atoms with Crippen LogP contribution in [0, 0.1) is 12.8 Å². The zero-order valence-electron chi connectivity index (χ0n) is 17.6. The van der Waals surface area contributed by atoms with Crippen LogP contribution in [-0.2, 0) is 11.8 Å². The summed E-state index contributed by atoms with van der Waals surface area (Å²) < 4.78 is 1.79. The number of fused-ring (bicyclic) bond motifs is 3. The molecular weight excluding hydrogens is 425 g/mol. The number of aryl methyl sites for hydroxylation is 2. The minimum absolute atomic E-state index is 0. The number of nitrogens with zero attached hydrogens (tertiary/aromatic N) is 6. The van der Waals surface area contributed by atoms with Crippen LogP contribution >= 0.6 is 24.8 Å². The van der Waals surface area contributed by atoms with Crippen molar-refractivity contribution >= 4 is 47.6 Å². The van der Waals surface area contributed by atoms with Gasteiger partial charge in [-0.15, -0.1) is 24.8 Å². The van der Waals surface area contributed by atoms with Crippen LogP contribution in [-0.4, -0.2) is 68.8 Å². The van der Waals surface area contributed by atoms with Crippen molar-refractivity contribution in [1.29, 1.82) is 0 Å². The lowest BCUT2D eigenvalue weighted by molar-refractivity contribution is -0.132. The minimum Gasteiger partial charge on any atom is -0.352 e. The monoisotopic (exact) mass is 455 g/mol. The molecule has 1 N–H and O–H groups in total. The van der Waals surface area contributed by atoms with Gasteiger partial charge in [0.05, 0.1) is 11.6 Å². The number of carbonyl (C=O) groups is 1. The summed E-state index contributed by atoms with van der Waals surface area (Å²) in [6.07, 6.45) is 7.47. The first-order valence-electron chi connectivity index (χ1n) is 10.5. The Kier molecular flexibility index (Phi) is 7.09. The number of piperazine rings is 1. The third-order valence-electron chi connectivity index (χ3n) is 6.65. The summed E-state index contributed by atoms with van der Waals surface area (Å²) in [6.45, 7) is 5.07. The van der Waals surface area contributed by atoms with Crippen molar-refractivity contribution in [3.63, 3.8) is 0 Å². The molecule has 1 amide bonds. The van der Waals surface area contributed by atoms with Crippen LogP contribution in [0.5, 0.6) is 0 Å². The molecule has 8 nitrogen and oxygen atoms in total. The van der Waals surface area contributed by atoms with Crippen molar-refractivity contribution in [3.05, 3.63) is 12.0 Å². The van der Waals surface area contributed by atoms with Crippen molar-refractivity contribution < 1.29 is 4.79 Å². The maximum Gasteiger partial charge on any atom is 0.222 e. The smallest absolute Gasteiger partial charge is 0.222 e. The fraction of sp³-hybridized carbons (Fsp3) is 0.700. The number of aromatic nitrogens is 4. The lowest BCUT2D eigenvalue weighted by Crippen LogP contribution is -2.50. The largest absolute Gasteiger partial charge is 0.352 e. The molecular formula is C20H31Cl2N7O. The van der Waals surface area contributed by atoms with E-state index < -0.39 is 0 Å². The Bertz CT molecular complexity index is 885. The van der Waals surface area contributed by atoms with Gasteiger partial charge in [0.15, 0.2) is 5.65 Å². The number of halogens is 2. The number of amides is 1. The molecule has 5 rings (SSSR count). The van der Waals surface area contributed by atoms with E-state index in [1.807, 2.05) is 20.2 Å². The molecule has 2 aromatic heterocycles. The van der Waals surface area contributed by atoms with Gasteiger partial charge in [-0.05, 0) is 38.5 Å². The highest BCUT2D eigenvalue weighted by Crippen LogP contribution is 2.33. The molecule has 0 aliphatic carbocycles. The average Bonchev–Trinajstić information content (AvgIpc) is 3.23. The Labute approximate surface area is 189 Å². The molecule has 5 heterocycles. The summed E-state index contributed by atoms with van der Waals surface area (Å²) in [5.74, 6) is 2.59. The van der Waals surface area contributed by atoms with Gasteiger partial charge in [-0.1, -0.05) is 0 Å². The molecule has 2 bridgehead atoms. The Balaban J connectivity index is 0.00000128. The molecule has 2 unspecified atom stereocenters. The van der Waals surface area contributed by atoms with Crippen LogP contribution < -0.4 is 10.2 Å². The molecule has 0 radical (unpaired) electrons. The van der Waals surface area contributed by atoms with Crippen LogP contribution in [0.25, 0.3) is 11.0 Å². The number of hydrogen-bond acceptors (Lipinski definition) is 6. The van der Waals surface area contributed by atoms with Gasteiger partial charge in [0.2, 0.25) is 5.91 Å². The van der Waals surface area contributed by atoms with Gasteiger partial charge >= 0.3 is 0 Å². The van der Waals surface area contributed by atoms with Crippen molar-refractivity contribution in [2.75, 3.05) is 31.1 Å². The Morgan fingerprint density at radius 1 is 1.10 bits per heavy atom. The second kappa shape index (κ2) is 9.24. The molecule has 3 fully saturated rings. The van der Waals surface area contributed by atoms with E-state index in [1.165, 1.54) is 25.7 Å². The molecule has 0 saturated carbocycles. The molecule has 3 aliphatic rings. The number of nitrogens with one attached hydrogen (secondary N) is 1. The van der Waals surface area contributed by atoms with Crippen LogP contribution in [0.15, 0.2) is 6.20 Å². The zero-order chi connectivity index (χ0) is 19.3. The number of rotatable bonds is 3. The lowest BCUT2D eigenvalue weighted by Gasteiger charge is -2.37. The van der Waals surface area contributed by atoms with E-state index in [9.17, 15) is 4.79 Å². The van der Waals surface area contributed by atoms with Crippen molar-refractivity contribution in [2.45, 2.75) is 51.1 Å². The third kappa shape index (κ3) is 4.36. The van der Waals surface area contributed by atoms with Gasteiger partial charge in [-0.3, -0.25) is 9.48 Å². The van der Waals surface area contributed by atoms with E-state index in [4.69, 9.17) is 0 Å². The second-order valence-corrected chi connectivity index (χ2v) is 8.65. The highest BCUT2D eigenvalue weighted by atomic mass is 35.5. The number of hydrogen-bond donors (Lipinski definition) is 1. The SMILES string of the molecule is Cc1nc(N2CCN(C(=O)CC3CC4CCC(C3)N4)CC2)c2cnn(C)c2n1.Cl.Cl. The van der Waals surface area contributed by atoms with E-state index in [2.05, 4.69) is 30.2 Å². The molecule has 30 heavy (non-hydrogen) atoms. The van der Waals surface area contributed by atoms with Gasteiger partial charge < -0.3 is 15.1 Å². The van der Waals surface area contributed by atoms with Gasteiger partial charge in [0.1, 0.15) is 11.6 Å². The van der Waals surface area contributed by atoms with E-state index in [0.29, 0.717) is 30.3 Å². The fourth-order valence-corrected chi connectivity index (χ4v) is 5.24. The van der Waals surface area contributed by atoms with Crippen LogP contribution in [0.2, 0.25) is 0 Å². The standard InChI is InChI=1S/C20H29N7O.2ClH/c1-13-22-19-17(12-21-25(19)2)20(23-13)27-7-5-26(6-8-27)18(28)11-14-9-15-3-4-16(10-14)24-15;;/h12,14-16,24H,3-11H2,1-2H3;2*1H. The molecule has 2 aromatic rings. The molecule has 10 heteroatoms. The normalized spacial score (nSPS) is 25.7. The summed E-state index contributed by atoms with van der Waals surface area (Å²) in [5, 5.41) is 8.99. The molecule has 3 aliphatic heterocycles. The lowest BCUT2D eigenvalue weighted by atomic mass is 9.89.